The summed E-state index contributed by atoms with van der Waals surface area (Å²) in [5, 5.41) is 3.12. The molecule has 33 heavy (non-hydrogen) atoms. The lowest BCUT2D eigenvalue weighted by Crippen LogP contribution is -2.40. The van der Waals surface area contributed by atoms with Crippen molar-refractivity contribution in [1.29, 1.82) is 0 Å². The Kier molecular flexibility index (Phi) is 5.18. The molecule has 4 heterocycles. The summed E-state index contributed by atoms with van der Waals surface area (Å²) in [5.74, 6) is -0.290. The molecule has 2 fully saturated rings. The molecular weight excluding hydrogens is 440 g/mol. The summed E-state index contributed by atoms with van der Waals surface area (Å²) < 4.78 is 52.2. The number of anilines is 1. The third-order valence-electron chi connectivity index (χ3n) is 6.07. The maximum absolute atomic E-state index is 14.0. The van der Waals surface area contributed by atoms with E-state index < -0.39 is 17.7 Å². The summed E-state index contributed by atoms with van der Waals surface area (Å²) in [4.78, 5) is 30.9. The molecule has 1 amide bonds. The number of nitrogens with one attached hydrogen (secondary N) is 1. The number of rotatable bonds is 4. The fraction of sp³-hybridized carbons (Fsp3) is 0.318. The van der Waals surface area contributed by atoms with Crippen molar-refractivity contribution >= 4 is 11.7 Å². The van der Waals surface area contributed by atoms with Gasteiger partial charge in [-0.15, -0.1) is 0 Å². The molecule has 170 valence electrons. The van der Waals surface area contributed by atoms with Gasteiger partial charge >= 0.3 is 6.18 Å². The van der Waals surface area contributed by atoms with Gasteiger partial charge in [-0.2, -0.15) is 13.2 Å². The van der Waals surface area contributed by atoms with Crippen LogP contribution in [0.3, 0.4) is 0 Å². The van der Waals surface area contributed by atoms with Gasteiger partial charge in [0, 0.05) is 24.0 Å². The molecule has 3 atom stereocenters. The van der Waals surface area contributed by atoms with Crippen molar-refractivity contribution in [3.8, 4) is 11.4 Å². The maximum atomic E-state index is 14.0. The highest BCUT2D eigenvalue weighted by atomic mass is 19.4. The predicted molar refractivity (Wildman–Crippen MR) is 109 cm³/mol. The molecule has 0 saturated carbocycles. The van der Waals surface area contributed by atoms with Gasteiger partial charge in [0.1, 0.15) is 11.6 Å². The van der Waals surface area contributed by atoms with Crippen LogP contribution in [0.25, 0.3) is 11.4 Å². The molecule has 0 aliphatic carbocycles. The molecule has 2 saturated heterocycles. The molecule has 5 rings (SSSR count). The van der Waals surface area contributed by atoms with Crippen molar-refractivity contribution in [2.24, 2.45) is 0 Å². The zero-order valence-corrected chi connectivity index (χ0v) is 17.1. The van der Waals surface area contributed by atoms with E-state index in [0.717, 1.165) is 19.0 Å². The maximum Gasteiger partial charge on any atom is 0.434 e. The molecule has 2 aliphatic rings. The van der Waals surface area contributed by atoms with E-state index in [1.54, 1.807) is 11.0 Å². The van der Waals surface area contributed by atoms with E-state index >= 15 is 0 Å². The lowest BCUT2D eigenvalue weighted by molar-refractivity contribution is -0.141. The molecule has 0 unspecified atom stereocenters. The van der Waals surface area contributed by atoms with Gasteiger partial charge in [-0.1, -0.05) is 0 Å². The van der Waals surface area contributed by atoms with Crippen LogP contribution >= 0.6 is 0 Å². The molecular formula is C22H18F4N6O. The molecule has 2 aromatic heterocycles. The van der Waals surface area contributed by atoms with E-state index in [0.29, 0.717) is 23.7 Å². The smallest absolute Gasteiger partial charge is 0.364 e. The zero-order valence-electron chi connectivity index (χ0n) is 17.1. The highest BCUT2D eigenvalue weighted by molar-refractivity contribution is 6.01. The SMILES string of the molecule is O=C(c1ccc(F)cc1-c1ncccn1)N1[C@@H]2CC[C@H]1[C@H](Nc1cnc(C(F)(F)F)cn1)C2. The van der Waals surface area contributed by atoms with Gasteiger partial charge in [0.15, 0.2) is 11.5 Å². The third kappa shape index (κ3) is 3.98. The number of amides is 1. The van der Waals surface area contributed by atoms with E-state index in [1.807, 2.05) is 0 Å². The quantitative estimate of drug-likeness (QED) is 0.596. The molecule has 7 nitrogen and oxygen atoms in total. The Balaban J connectivity index is 1.38. The number of alkyl halides is 3. The first-order valence-corrected chi connectivity index (χ1v) is 10.4. The van der Waals surface area contributed by atoms with Crippen LogP contribution in [0.1, 0.15) is 35.3 Å². The normalized spacial score (nSPS) is 21.9. The van der Waals surface area contributed by atoms with Gasteiger partial charge in [-0.3, -0.25) is 4.79 Å². The van der Waals surface area contributed by atoms with Gasteiger partial charge in [0.25, 0.3) is 5.91 Å². The largest absolute Gasteiger partial charge is 0.434 e. The van der Waals surface area contributed by atoms with Crippen molar-refractivity contribution in [1.82, 2.24) is 24.8 Å². The van der Waals surface area contributed by atoms with Crippen molar-refractivity contribution in [2.45, 2.75) is 43.6 Å². The van der Waals surface area contributed by atoms with Crippen LogP contribution in [0.2, 0.25) is 0 Å². The lowest BCUT2D eigenvalue weighted by Gasteiger charge is -2.26. The van der Waals surface area contributed by atoms with Gasteiger partial charge < -0.3 is 10.2 Å². The molecule has 1 N–H and O–H groups in total. The van der Waals surface area contributed by atoms with Crippen LogP contribution in [-0.4, -0.2) is 48.9 Å². The van der Waals surface area contributed by atoms with Crippen LogP contribution < -0.4 is 5.32 Å². The topological polar surface area (TPSA) is 83.9 Å². The third-order valence-corrected chi connectivity index (χ3v) is 6.07. The van der Waals surface area contributed by atoms with Gasteiger partial charge in [-0.05, 0) is 43.5 Å². The Bertz CT molecular complexity index is 1170. The van der Waals surface area contributed by atoms with Crippen LogP contribution in [0.5, 0.6) is 0 Å². The number of hydrogen-bond acceptors (Lipinski definition) is 6. The minimum Gasteiger partial charge on any atom is -0.364 e. The van der Waals surface area contributed by atoms with Crippen LogP contribution in [0.4, 0.5) is 23.4 Å². The number of benzene rings is 1. The summed E-state index contributed by atoms with van der Waals surface area (Å²) in [6.45, 7) is 0. The average Bonchev–Trinajstić information content (AvgIpc) is 3.37. The minimum atomic E-state index is -4.56. The Labute approximate surface area is 185 Å². The second-order valence-corrected chi connectivity index (χ2v) is 8.04. The second kappa shape index (κ2) is 8.05. The van der Waals surface area contributed by atoms with Gasteiger partial charge in [-0.25, -0.2) is 24.3 Å². The number of halogens is 4. The fourth-order valence-electron chi connectivity index (χ4n) is 4.66. The number of fused-ring (bicyclic) bond motifs is 2. The van der Waals surface area contributed by atoms with Crippen molar-refractivity contribution in [3.05, 3.63) is 66.1 Å². The van der Waals surface area contributed by atoms with Gasteiger partial charge in [0.2, 0.25) is 0 Å². The van der Waals surface area contributed by atoms with Crippen molar-refractivity contribution in [3.63, 3.8) is 0 Å². The minimum absolute atomic E-state index is 0.0444. The van der Waals surface area contributed by atoms with E-state index in [1.165, 1.54) is 30.6 Å². The molecule has 0 spiro atoms. The second-order valence-electron chi connectivity index (χ2n) is 8.04. The predicted octanol–water partition coefficient (Wildman–Crippen LogP) is 3.95. The Morgan fingerprint density at radius 3 is 2.55 bits per heavy atom. The van der Waals surface area contributed by atoms with Crippen LogP contribution in [0.15, 0.2) is 49.1 Å². The summed E-state index contributed by atoms with van der Waals surface area (Å²) >= 11 is 0. The molecule has 0 radical (unpaired) electrons. The Morgan fingerprint density at radius 2 is 1.85 bits per heavy atom. The van der Waals surface area contributed by atoms with Gasteiger partial charge in [0.05, 0.1) is 30.0 Å². The lowest BCUT2D eigenvalue weighted by atomic mass is 9.95. The van der Waals surface area contributed by atoms with Crippen molar-refractivity contribution < 1.29 is 22.4 Å². The molecule has 1 aromatic carbocycles. The standard InChI is InChI=1S/C22H18F4N6O/c23-12-2-4-14(15(8-12)20-27-6-1-7-28-20)21(33)32-13-3-5-17(32)16(9-13)31-19-11-29-18(10-30-19)22(24,25)26/h1-2,4,6-8,10-11,13,16-17H,3,5,9H2,(H,30,31)/t13-,16-,17+/m1/s1. The van der Waals surface area contributed by atoms with Crippen LogP contribution in [0, 0.1) is 5.82 Å². The Morgan fingerprint density at radius 1 is 1.06 bits per heavy atom. The first kappa shape index (κ1) is 21.2. The fourth-order valence-corrected chi connectivity index (χ4v) is 4.66. The highest BCUT2D eigenvalue weighted by Crippen LogP contribution is 2.41. The van der Waals surface area contributed by atoms with Crippen molar-refractivity contribution in [2.75, 3.05) is 5.32 Å². The van der Waals surface area contributed by atoms with E-state index in [-0.39, 0.29) is 35.7 Å². The number of carbonyl (C=O) groups excluding carboxylic acids is 1. The number of carbonyl (C=O) groups is 1. The molecule has 3 aromatic rings. The summed E-state index contributed by atoms with van der Waals surface area (Å²) in [5.41, 5.74) is -0.454. The molecule has 11 heteroatoms. The molecule has 2 bridgehead atoms. The van der Waals surface area contributed by atoms with Crippen LogP contribution in [-0.2, 0) is 6.18 Å². The summed E-state index contributed by atoms with van der Waals surface area (Å²) in [7, 11) is 0. The highest BCUT2D eigenvalue weighted by Gasteiger charge is 2.49. The van der Waals surface area contributed by atoms with E-state index in [9.17, 15) is 22.4 Å². The summed E-state index contributed by atoms with van der Waals surface area (Å²) in [6, 6.07) is 5.13. The molecule has 2 aliphatic heterocycles. The van der Waals surface area contributed by atoms with E-state index in [4.69, 9.17) is 0 Å². The first-order chi connectivity index (χ1) is 15.8. The first-order valence-electron chi connectivity index (χ1n) is 10.4. The number of hydrogen-bond donors (Lipinski definition) is 1. The number of nitrogens with zero attached hydrogens (tertiary/aromatic N) is 5. The summed E-state index contributed by atoms with van der Waals surface area (Å²) in [6.07, 6.45) is 2.38. The Hall–Kier alpha value is -3.63. The average molecular weight is 458 g/mol. The monoisotopic (exact) mass is 458 g/mol. The number of aromatic nitrogens is 4. The zero-order chi connectivity index (χ0) is 23.2. The van der Waals surface area contributed by atoms with E-state index in [2.05, 4.69) is 25.3 Å².